The van der Waals surface area contributed by atoms with E-state index < -0.39 is 10.0 Å². The number of aromatic nitrogens is 3. The van der Waals surface area contributed by atoms with Gasteiger partial charge in [0.1, 0.15) is 12.2 Å². The fraction of sp³-hybridized carbons (Fsp3) is 0.273. The van der Waals surface area contributed by atoms with Crippen LogP contribution in [0.15, 0.2) is 30.6 Å². The van der Waals surface area contributed by atoms with Gasteiger partial charge in [-0.2, -0.15) is 5.10 Å². The van der Waals surface area contributed by atoms with Crippen molar-refractivity contribution >= 4 is 10.0 Å². The summed E-state index contributed by atoms with van der Waals surface area (Å²) in [5.74, 6) is 0.366. The Hall–Kier alpha value is -1.77. The Morgan fingerprint density at radius 1 is 1.26 bits per heavy atom. The number of nitrogens with one attached hydrogen (secondary N) is 2. The number of aromatic amines is 1. The fourth-order valence-electron chi connectivity index (χ4n) is 1.65. The monoisotopic (exact) mass is 281 g/mol. The summed E-state index contributed by atoms with van der Waals surface area (Å²) >= 11 is 0. The highest BCUT2D eigenvalue weighted by Crippen LogP contribution is 2.11. The van der Waals surface area contributed by atoms with Crippen LogP contribution in [0.3, 0.4) is 0 Å². The molecule has 8 heteroatoms. The predicted molar refractivity (Wildman–Crippen MR) is 70.2 cm³/mol. The number of hydrogen-bond acceptors (Lipinski definition) is 5. The van der Waals surface area contributed by atoms with Crippen molar-refractivity contribution in [2.45, 2.75) is 18.8 Å². The Morgan fingerprint density at radius 3 is 2.63 bits per heavy atom. The molecule has 2 aromatic rings. The normalized spacial score (nSPS) is 11.6. The van der Waals surface area contributed by atoms with Gasteiger partial charge >= 0.3 is 0 Å². The van der Waals surface area contributed by atoms with Crippen molar-refractivity contribution in [3.63, 3.8) is 0 Å². The number of nitrogens with zero attached hydrogens (tertiary/aromatic N) is 2. The Labute approximate surface area is 111 Å². The molecule has 102 valence electrons. The number of hydrogen-bond donors (Lipinski definition) is 3. The summed E-state index contributed by atoms with van der Waals surface area (Å²) in [6.07, 6.45) is 1.33. The van der Waals surface area contributed by atoms with Gasteiger partial charge in [-0.15, -0.1) is 0 Å². The molecule has 0 spiro atoms. The number of sulfonamides is 1. The van der Waals surface area contributed by atoms with Gasteiger partial charge in [-0.25, -0.2) is 18.1 Å². The zero-order valence-corrected chi connectivity index (χ0v) is 11.0. The second kappa shape index (κ2) is 5.91. The summed E-state index contributed by atoms with van der Waals surface area (Å²) in [5, 5.41) is 6.23. The highest BCUT2D eigenvalue weighted by atomic mass is 32.2. The first kappa shape index (κ1) is 13.7. The van der Waals surface area contributed by atoms with Crippen molar-refractivity contribution in [2.24, 2.45) is 5.73 Å². The molecule has 1 aromatic heterocycles. The molecule has 0 aliphatic carbocycles. The molecule has 4 N–H and O–H groups in total. The van der Waals surface area contributed by atoms with Crippen molar-refractivity contribution in [1.29, 1.82) is 0 Å². The van der Waals surface area contributed by atoms with Gasteiger partial charge in [0.05, 0.1) is 12.3 Å². The van der Waals surface area contributed by atoms with E-state index in [1.807, 2.05) is 12.1 Å². The molecule has 0 unspecified atom stereocenters. The van der Waals surface area contributed by atoms with E-state index in [0.717, 1.165) is 5.56 Å². The maximum atomic E-state index is 11.9. The molecule has 1 aromatic carbocycles. The van der Waals surface area contributed by atoms with Gasteiger partial charge in [0.2, 0.25) is 10.0 Å². The third-order valence-corrected chi connectivity index (χ3v) is 3.88. The summed E-state index contributed by atoms with van der Waals surface area (Å²) in [7, 11) is -3.44. The van der Waals surface area contributed by atoms with Crippen LogP contribution in [0.4, 0.5) is 0 Å². The lowest BCUT2D eigenvalue weighted by Crippen LogP contribution is -2.25. The Bertz CT molecular complexity index is 624. The molecule has 0 amide bonds. The smallest absolute Gasteiger partial charge is 0.216 e. The second-order valence-electron chi connectivity index (χ2n) is 3.99. The lowest BCUT2D eigenvalue weighted by Gasteiger charge is -2.09. The number of H-pyrrole nitrogens is 1. The third kappa shape index (κ3) is 3.85. The van der Waals surface area contributed by atoms with Gasteiger partial charge < -0.3 is 5.73 Å². The zero-order chi connectivity index (χ0) is 13.7. The van der Waals surface area contributed by atoms with E-state index in [-0.39, 0.29) is 12.3 Å². The highest BCUT2D eigenvalue weighted by Gasteiger charge is 2.14. The quantitative estimate of drug-likeness (QED) is 0.683. The molecular formula is C11H15N5O2S. The predicted octanol–water partition coefficient (Wildman–Crippen LogP) is -0.117. The SMILES string of the molecule is NCc1ccccc1CS(=O)(=O)NCc1ncn[nH]1. The number of nitrogens with two attached hydrogens (primary N) is 1. The molecule has 7 nitrogen and oxygen atoms in total. The molecular weight excluding hydrogens is 266 g/mol. The molecule has 19 heavy (non-hydrogen) atoms. The first-order valence-electron chi connectivity index (χ1n) is 5.69. The van der Waals surface area contributed by atoms with Crippen molar-refractivity contribution in [2.75, 3.05) is 0 Å². The third-order valence-electron chi connectivity index (χ3n) is 2.61. The molecule has 0 bridgehead atoms. The van der Waals surface area contributed by atoms with E-state index in [1.54, 1.807) is 12.1 Å². The van der Waals surface area contributed by atoms with Crippen LogP contribution in [0.25, 0.3) is 0 Å². The average Bonchev–Trinajstić information content (AvgIpc) is 2.90. The standard InChI is InChI=1S/C11H15N5O2S/c12-5-9-3-1-2-4-10(9)7-19(17,18)15-6-11-13-8-14-16-11/h1-4,8,15H,5-7,12H2,(H,13,14,16). The van der Waals surface area contributed by atoms with Crippen molar-refractivity contribution in [1.82, 2.24) is 19.9 Å². The summed E-state index contributed by atoms with van der Waals surface area (Å²) in [5.41, 5.74) is 7.11. The molecule has 0 radical (unpaired) electrons. The van der Waals surface area contributed by atoms with E-state index in [0.29, 0.717) is 17.9 Å². The Balaban J connectivity index is 2.04. The van der Waals surface area contributed by atoms with Crippen LogP contribution in [0, 0.1) is 0 Å². The minimum atomic E-state index is -3.44. The van der Waals surface area contributed by atoms with Gasteiger partial charge in [0.15, 0.2) is 0 Å². The molecule has 0 atom stereocenters. The fourth-order valence-corrected chi connectivity index (χ4v) is 2.80. The summed E-state index contributed by atoms with van der Waals surface area (Å²) in [6.45, 7) is 0.404. The molecule has 0 saturated heterocycles. The molecule has 1 heterocycles. The van der Waals surface area contributed by atoms with Gasteiger partial charge in [-0.05, 0) is 11.1 Å². The van der Waals surface area contributed by atoms with Crippen molar-refractivity contribution < 1.29 is 8.42 Å². The Kier molecular flexibility index (Phi) is 4.25. The minimum Gasteiger partial charge on any atom is -0.326 e. The molecule has 0 aliphatic heterocycles. The lowest BCUT2D eigenvalue weighted by atomic mass is 10.1. The van der Waals surface area contributed by atoms with E-state index in [9.17, 15) is 8.42 Å². The van der Waals surface area contributed by atoms with Gasteiger partial charge in [0.25, 0.3) is 0 Å². The molecule has 0 aliphatic rings. The van der Waals surface area contributed by atoms with E-state index in [1.165, 1.54) is 6.33 Å². The molecule has 0 saturated carbocycles. The minimum absolute atomic E-state index is 0.0904. The van der Waals surface area contributed by atoms with Gasteiger partial charge in [-0.3, -0.25) is 5.10 Å². The van der Waals surface area contributed by atoms with E-state index >= 15 is 0 Å². The van der Waals surface area contributed by atoms with Gasteiger partial charge in [0, 0.05) is 6.54 Å². The lowest BCUT2D eigenvalue weighted by molar-refractivity contribution is 0.578. The first-order valence-corrected chi connectivity index (χ1v) is 7.34. The highest BCUT2D eigenvalue weighted by molar-refractivity contribution is 7.88. The van der Waals surface area contributed by atoms with E-state index in [2.05, 4.69) is 19.9 Å². The summed E-state index contributed by atoms with van der Waals surface area (Å²) in [4.78, 5) is 3.85. The van der Waals surface area contributed by atoms with E-state index in [4.69, 9.17) is 5.73 Å². The first-order chi connectivity index (χ1) is 9.11. The van der Waals surface area contributed by atoms with Crippen molar-refractivity contribution in [3.8, 4) is 0 Å². The van der Waals surface area contributed by atoms with Crippen LogP contribution in [0.2, 0.25) is 0 Å². The van der Waals surface area contributed by atoms with Crippen LogP contribution in [-0.4, -0.2) is 23.6 Å². The topological polar surface area (TPSA) is 114 Å². The van der Waals surface area contributed by atoms with Crippen molar-refractivity contribution in [3.05, 3.63) is 47.5 Å². The summed E-state index contributed by atoms with van der Waals surface area (Å²) < 4.78 is 26.4. The van der Waals surface area contributed by atoms with Crippen LogP contribution in [0.1, 0.15) is 17.0 Å². The number of rotatable bonds is 6. The van der Waals surface area contributed by atoms with Crippen LogP contribution in [-0.2, 0) is 28.9 Å². The average molecular weight is 281 g/mol. The van der Waals surface area contributed by atoms with Crippen LogP contribution < -0.4 is 10.5 Å². The zero-order valence-electron chi connectivity index (χ0n) is 10.2. The van der Waals surface area contributed by atoms with Crippen LogP contribution >= 0.6 is 0 Å². The maximum Gasteiger partial charge on any atom is 0.216 e. The largest absolute Gasteiger partial charge is 0.326 e. The van der Waals surface area contributed by atoms with Gasteiger partial charge in [-0.1, -0.05) is 24.3 Å². The number of benzene rings is 1. The summed E-state index contributed by atoms with van der Waals surface area (Å²) in [6, 6.07) is 7.21. The Morgan fingerprint density at radius 2 is 2.00 bits per heavy atom. The second-order valence-corrected chi connectivity index (χ2v) is 5.79. The van der Waals surface area contributed by atoms with Crippen LogP contribution in [0.5, 0.6) is 0 Å². The molecule has 0 fully saturated rings. The maximum absolute atomic E-state index is 11.9. The molecule has 2 rings (SSSR count).